The van der Waals surface area contributed by atoms with Crippen LogP contribution in [0.5, 0.6) is 0 Å². The van der Waals surface area contributed by atoms with Crippen LogP contribution in [-0.4, -0.2) is 27.0 Å². The molecule has 2 N–H and O–H groups in total. The molecule has 0 radical (unpaired) electrons. The van der Waals surface area contributed by atoms with Crippen molar-refractivity contribution in [2.24, 2.45) is 5.41 Å². The molecule has 114 valence electrons. The van der Waals surface area contributed by atoms with Crippen molar-refractivity contribution in [2.45, 2.75) is 44.9 Å². The van der Waals surface area contributed by atoms with Crippen LogP contribution in [0.2, 0.25) is 5.15 Å². The number of aromatic nitrogens is 2. The van der Waals surface area contributed by atoms with Crippen LogP contribution in [0.1, 0.15) is 44.9 Å². The SMILES string of the molecule is O=C(CC1(C(=O)O)CCCCCC1)Nc1cc(Cl)ncn1. The van der Waals surface area contributed by atoms with Gasteiger partial charge in [-0.05, 0) is 12.8 Å². The van der Waals surface area contributed by atoms with Gasteiger partial charge in [-0.3, -0.25) is 9.59 Å². The Morgan fingerprint density at radius 1 is 1.24 bits per heavy atom. The molecule has 7 heteroatoms. The van der Waals surface area contributed by atoms with E-state index in [9.17, 15) is 14.7 Å². The second-order valence-electron chi connectivity index (χ2n) is 5.45. The van der Waals surface area contributed by atoms with E-state index >= 15 is 0 Å². The van der Waals surface area contributed by atoms with Crippen molar-refractivity contribution in [2.75, 3.05) is 5.32 Å². The quantitative estimate of drug-likeness (QED) is 0.659. The summed E-state index contributed by atoms with van der Waals surface area (Å²) in [6.45, 7) is 0. The molecule has 0 aliphatic heterocycles. The summed E-state index contributed by atoms with van der Waals surface area (Å²) in [4.78, 5) is 31.4. The minimum Gasteiger partial charge on any atom is -0.481 e. The molecule has 21 heavy (non-hydrogen) atoms. The van der Waals surface area contributed by atoms with Gasteiger partial charge in [0.2, 0.25) is 5.91 Å². The number of carbonyl (C=O) groups is 2. The first-order valence-corrected chi connectivity index (χ1v) is 7.40. The molecule has 0 bridgehead atoms. The Morgan fingerprint density at radius 2 is 1.90 bits per heavy atom. The largest absolute Gasteiger partial charge is 0.481 e. The molecular formula is C14H18ClN3O3. The van der Waals surface area contributed by atoms with Crippen molar-refractivity contribution in [1.82, 2.24) is 9.97 Å². The van der Waals surface area contributed by atoms with Crippen molar-refractivity contribution in [3.8, 4) is 0 Å². The van der Waals surface area contributed by atoms with Crippen LogP contribution in [0.4, 0.5) is 5.82 Å². The summed E-state index contributed by atoms with van der Waals surface area (Å²) in [5.74, 6) is -0.955. The van der Waals surface area contributed by atoms with Crippen molar-refractivity contribution < 1.29 is 14.7 Å². The molecule has 1 aliphatic carbocycles. The van der Waals surface area contributed by atoms with E-state index in [1.54, 1.807) is 0 Å². The summed E-state index contributed by atoms with van der Waals surface area (Å²) in [5.41, 5.74) is -0.961. The first-order chi connectivity index (χ1) is 10.0. The van der Waals surface area contributed by atoms with E-state index in [0.717, 1.165) is 25.7 Å². The van der Waals surface area contributed by atoms with E-state index in [2.05, 4.69) is 15.3 Å². The van der Waals surface area contributed by atoms with E-state index in [4.69, 9.17) is 11.6 Å². The highest BCUT2D eigenvalue weighted by Crippen LogP contribution is 2.38. The number of carboxylic acid groups (broad SMARTS) is 1. The van der Waals surface area contributed by atoms with Gasteiger partial charge in [-0.25, -0.2) is 9.97 Å². The number of aliphatic carboxylic acids is 1. The Labute approximate surface area is 127 Å². The molecular weight excluding hydrogens is 294 g/mol. The first kappa shape index (κ1) is 15.7. The van der Waals surface area contributed by atoms with Gasteiger partial charge in [0.15, 0.2) is 0 Å². The standard InChI is InChI=1S/C14H18ClN3O3/c15-10-7-11(17-9-16-10)18-12(19)8-14(13(20)21)5-3-1-2-4-6-14/h7,9H,1-6,8H2,(H,20,21)(H,16,17,18,19). The van der Waals surface area contributed by atoms with Crippen LogP contribution < -0.4 is 5.32 Å². The molecule has 0 aromatic carbocycles. The maximum Gasteiger partial charge on any atom is 0.310 e. The molecule has 1 aromatic heterocycles. The molecule has 6 nitrogen and oxygen atoms in total. The molecule has 1 aromatic rings. The van der Waals surface area contributed by atoms with Crippen molar-refractivity contribution >= 4 is 29.3 Å². The summed E-state index contributed by atoms with van der Waals surface area (Å²) in [5, 5.41) is 12.4. The Kier molecular flexibility index (Phi) is 5.12. The summed E-state index contributed by atoms with van der Waals surface area (Å²) in [7, 11) is 0. The maximum absolute atomic E-state index is 12.1. The maximum atomic E-state index is 12.1. The number of carbonyl (C=O) groups excluding carboxylic acids is 1. The Hall–Kier alpha value is -1.69. The zero-order valence-corrected chi connectivity index (χ0v) is 12.4. The third-order valence-electron chi connectivity index (χ3n) is 3.91. The molecule has 1 heterocycles. The zero-order chi connectivity index (χ0) is 15.3. The molecule has 0 unspecified atom stereocenters. The second kappa shape index (κ2) is 6.85. The number of nitrogens with one attached hydrogen (secondary N) is 1. The van der Waals surface area contributed by atoms with E-state index in [1.165, 1.54) is 12.4 Å². The lowest BCUT2D eigenvalue weighted by molar-refractivity contribution is -0.152. The van der Waals surface area contributed by atoms with E-state index in [1.807, 2.05) is 0 Å². The third kappa shape index (κ3) is 4.14. The van der Waals surface area contributed by atoms with Crippen LogP contribution in [0.25, 0.3) is 0 Å². The molecule has 1 fully saturated rings. The predicted molar refractivity (Wildman–Crippen MR) is 78.1 cm³/mol. The number of amides is 1. The number of halogens is 1. The number of nitrogens with zero attached hydrogens (tertiary/aromatic N) is 2. The lowest BCUT2D eigenvalue weighted by atomic mass is 9.77. The molecule has 0 atom stereocenters. The third-order valence-corrected chi connectivity index (χ3v) is 4.12. The molecule has 1 aliphatic rings. The van der Waals surface area contributed by atoms with E-state index in [0.29, 0.717) is 12.8 Å². The normalized spacial score (nSPS) is 17.8. The van der Waals surface area contributed by atoms with Gasteiger partial charge in [0.1, 0.15) is 17.3 Å². The summed E-state index contributed by atoms with van der Waals surface area (Å²) in [6, 6.07) is 1.43. The second-order valence-corrected chi connectivity index (χ2v) is 5.84. The molecule has 1 amide bonds. The minimum absolute atomic E-state index is 0.0377. The highest BCUT2D eigenvalue weighted by Gasteiger charge is 2.40. The van der Waals surface area contributed by atoms with Crippen molar-refractivity contribution in [3.63, 3.8) is 0 Å². The fourth-order valence-electron chi connectivity index (χ4n) is 2.77. The Balaban J connectivity index is 2.06. The minimum atomic E-state index is -0.961. The Morgan fingerprint density at radius 3 is 2.48 bits per heavy atom. The predicted octanol–water partition coefficient (Wildman–Crippen LogP) is 2.88. The molecule has 1 saturated carbocycles. The highest BCUT2D eigenvalue weighted by atomic mass is 35.5. The number of carboxylic acids is 1. The van der Waals surface area contributed by atoms with Gasteiger partial charge in [0, 0.05) is 12.5 Å². The van der Waals surface area contributed by atoms with Crippen LogP contribution in [0, 0.1) is 5.41 Å². The van der Waals surface area contributed by atoms with Gasteiger partial charge < -0.3 is 10.4 Å². The number of hydrogen-bond acceptors (Lipinski definition) is 4. The first-order valence-electron chi connectivity index (χ1n) is 7.03. The lowest BCUT2D eigenvalue weighted by Gasteiger charge is -2.27. The monoisotopic (exact) mass is 311 g/mol. The zero-order valence-electron chi connectivity index (χ0n) is 11.6. The fourth-order valence-corrected chi connectivity index (χ4v) is 2.91. The van der Waals surface area contributed by atoms with E-state index < -0.39 is 11.4 Å². The molecule has 0 saturated heterocycles. The van der Waals surface area contributed by atoms with Crippen LogP contribution in [0.3, 0.4) is 0 Å². The number of anilines is 1. The Bertz CT molecular complexity index is 528. The lowest BCUT2D eigenvalue weighted by Crippen LogP contribution is -2.35. The van der Waals surface area contributed by atoms with Gasteiger partial charge in [-0.2, -0.15) is 0 Å². The van der Waals surface area contributed by atoms with Crippen molar-refractivity contribution in [1.29, 1.82) is 0 Å². The highest BCUT2D eigenvalue weighted by molar-refractivity contribution is 6.29. The van der Waals surface area contributed by atoms with Crippen molar-refractivity contribution in [3.05, 3.63) is 17.5 Å². The van der Waals surface area contributed by atoms with E-state index in [-0.39, 0.29) is 23.3 Å². The summed E-state index contributed by atoms with van der Waals surface area (Å²) >= 11 is 5.72. The molecule has 2 rings (SSSR count). The summed E-state index contributed by atoms with van der Waals surface area (Å²) in [6.07, 6.45) is 6.04. The van der Waals surface area contributed by atoms with Crippen LogP contribution >= 0.6 is 11.6 Å². The fraction of sp³-hybridized carbons (Fsp3) is 0.571. The van der Waals surface area contributed by atoms with Crippen LogP contribution in [-0.2, 0) is 9.59 Å². The average molecular weight is 312 g/mol. The van der Waals surface area contributed by atoms with Gasteiger partial charge >= 0.3 is 5.97 Å². The van der Waals surface area contributed by atoms with Gasteiger partial charge in [0.05, 0.1) is 5.41 Å². The van der Waals surface area contributed by atoms with Crippen LogP contribution in [0.15, 0.2) is 12.4 Å². The average Bonchev–Trinajstić information content (AvgIpc) is 2.65. The number of rotatable bonds is 4. The number of hydrogen-bond donors (Lipinski definition) is 2. The summed E-state index contributed by atoms with van der Waals surface area (Å²) < 4.78 is 0. The van der Waals surface area contributed by atoms with Gasteiger partial charge in [0.25, 0.3) is 0 Å². The van der Waals surface area contributed by atoms with Gasteiger partial charge in [-0.15, -0.1) is 0 Å². The smallest absolute Gasteiger partial charge is 0.310 e. The molecule has 0 spiro atoms. The topological polar surface area (TPSA) is 92.2 Å². The van der Waals surface area contributed by atoms with Gasteiger partial charge in [-0.1, -0.05) is 37.3 Å².